The van der Waals surface area contributed by atoms with E-state index in [1.807, 2.05) is 32.0 Å². The average molecular weight is 273 g/mol. The summed E-state index contributed by atoms with van der Waals surface area (Å²) in [6, 6.07) is 7.51. The predicted molar refractivity (Wildman–Crippen MR) is 73.6 cm³/mol. The zero-order chi connectivity index (χ0) is 13.4. The molecule has 0 bridgehead atoms. The number of nitrogens with one attached hydrogen (secondary N) is 1. The number of anilines is 1. The zero-order valence-electron chi connectivity index (χ0n) is 10.4. The third-order valence-corrected chi connectivity index (χ3v) is 3.40. The summed E-state index contributed by atoms with van der Waals surface area (Å²) < 4.78 is 5.51. The van der Waals surface area contributed by atoms with E-state index < -0.39 is 0 Å². The first-order valence-electron chi connectivity index (χ1n) is 5.73. The topological polar surface area (TPSA) is 68.0 Å². The number of hydrogen-bond acceptors (Lipinski definition) is 5. The standard InChI is InChI=1S/C13H11N3O2S/c1-7-3-4-10-9(5-7)6-11(18-10)12(17)14-13-16-15-8(2)19-13/h3-6H,1-2H3,(H,14,16,17). The van der Waals surface area contributed by atoms with Crippen LogP contribution >= 0.6 is 11.3 Å². The first-order valence-corrected chi connectivity index (χ1v) is 6.55. The van der Waals surface area contributed by atoms with Crippen LogP contribution in [0, 0.1) is 13.8 Å². The molecule has 0 saturated carbocycles. The van der Waals surface area contributed by atoms with Crippen molar-refractivity contribution < 1.29 is 9.21 Å². The SMILES string of the molecule is Cc1ccc2oc(C(=O)Nc3nnc(C)s3)cc2c1. The van der Waals surface area contributed by atoms with Gasteiger partial charge in [-0.25, -0.2) is 0 Å². The van der Waals surface area contributed by atoms with Crippen LogP contribution in [0.15, 0.2) is 28.7 Å². The maximum Gasteiger partial charge on any atom is 0.293 e. The molecule has 1 N–H and O–H groups in total. The number of carbonyl (C=O) groups excluding carboxylic acids is 1. The summed E-state index contributed by atoms with van der Waals surface area (Å²) in [5.41, 5.74) is 1.82. The van der Waals surface area contributed by atoms with Gasteiger partial charge in [0.1, 0.15) is 10.6 Å². The maximum absolute atomic E-state index is 12.0. The van der Waals surface area contributed by atoms with Gasteiger partial charge in [0.2, 0.25) is 5.13 Å². The monoisotopic (exact) mass is 273 g/mol. The van der Waals surface area contributed by atoms with E-state index in [0.717, 1.165) is 16.0 Å². The molecule has 2 heterocycles. The third-order valence-electron chi connectivity index (χ3n) is 2.64. The number of carbonyl (C=O) groups is 1. The second-order valence-corrected chi connectivity index (χ2v) is 5.41. The van der Waals surface area contributed by atoms with Crippen LogP contribution in [0.5, 0.6) is 0 Å². The minimum absolute atomic E-state index is 0.272. The number of fused-ring (bicyclic) bond motifs is 1. The number of nitrogens with zero attached hydrogens (tertiary/aromatic N) is 2. The molecule has 5 nitrogen and oxygen atoms in total. The van der Waals surface area contributed by atoms with E-state index >= 15 is 0 Å². The number of benzene rings is 1. The largest absolute Gasteiger partial charge is 0.451 e. The lowest BCUT2D eigenvalue weighted by Crippen LogP contribution is -2.10. The lowest BCUT2D eigenvalue weighted by atomic mass is 10.2. The number of rotatable bonds is 2. The molecule has 0 aliphatic carbocycles. The van der Waals surface area contributed by atoms with Crippen LogP contribution in [0.3, 0.4) is 0 Å². The van der Waals surface area contributed by atoms with Crippen LogP contribution in [0.25, 0.3) is 11.0 Å². The first kappa shape index (κ1) is 11.9. The first-order chi connectivity index (χ1) is 9.11. The van der Waals surface area contributed by atoms with E-state index in [-0.39, 0.29) is 11.7 Å². The van der Waals surface area contributed by atoms with E-state index in [1.54, 1.807) is 6.07 Å². The van der Waals surface area contributed by atoms with Crippen molar-refractivity contribution in [3.8, 4) is 0 Å². The molecule has 6 heteroatoms. The van der Waals surface area contributed by atoms with Crippen LogP contribution in [-0.2, 0) is 0 Å². The summed E-state index contributed by atoms with van der Waals surface area (Å²) >= 11 is 1.32. The Bertz CT molecular complexity index is 760. The van der Waals surface area contributed by atoms with Crippen LogP contribution in [0.1, 0.15) is 21.1 Å². The molecular formula is C13H11N3O2S. The summed E-state index contributed by atoms with van der Waals surface area (Å²) in [5, 5.41) is 12.5. The highest BCUT2D eigenvalue weighted by atomic mass is 32.1. The highest BCUT2D eigenvalue weighted by molar-refractivity contribution is 7.15. The van der Waals surface area contributed by atoms with Crippen molar-refractivity contribution in [3.63, 3.8) is 0 Å². The summed E-state index contributed by atoms with van der Waals surface area (Å²) in [5.74, 6) is -0.0431. The second-order valence-electron chi connectivity index (χ2n) is 4.23. The van der Waals surface area contributed by atoms with Crippen molar-refractivity contribution in [2.45, 2.75) is 13.8 Å². The van der Waals surface area contributed by atoms with Crippen molar-refractivity contribution >= 4 is 33.3 Å². The molecule has 3 aromatic rings. The quantitative estimate of drug-likeness (QED) is 0.778. The molecule has 0 saturated heterocycles. The van der Waals surface area contributed by atoms with Gasteiger partial charge in [-0.05, 0) is 32.0 Å². The van der Waals surface area contributed by atoms with Gasteiger partial charge in [0.05, 0.1) is 0 Å². The van der Waals surface area contributed by atoms with E-state index in [0.29, 0.717) is 10.7 Å². The summed E-state index contributed by atoms with van der Waals surface area (Å²) in [6.45, 7) is 3.83. The van der Waals surface area contributed by atoms with Gasteiger partial charge >= 0.3 is 0 Å². The van der Waals surface area contributed by atoms with Gasteiger partial charge in [-0.15, -0.1) is 10.2 Å². The third kappa shape index (κ3) is 2.34. The van der Waals surface area contributed by atoms with Crippen molar-refractivity contribution in [3.05, 3.63) is 40.6 Å². The highest BCUT2D eigenvalue weighted by Crippen LogP contribution is 2.22. The summed E-state index contributed by atoms with van der Waals surface area (Å²) in [7, 11) is 0. The van der Waals surface area contributed by atoms with Gasteiger partial charge < -0.3 is 4.42 Å². The summed E-state index contributed by atoms with van der Waals surface area (Å²) in [4.78, 5) is 12.0. The number of aryl methyl sites for hydroxylation is 2. The molecular weight excluding hydrogens is 262 g/mol. The van der Waals surface area contributed by atoms with Crippen molar-refractivity contribution in [2.24, 2.45) is 0 Å². The Morgan fingerprint density at radius 1 is 1.26 bits per heavy atom. The normalized spacial score (nSPS) is 10.8. The van der Waals surface area contributed by atoms with Gasteiger partial charge in [-0.2, -0.15) is 0 Å². The van der Waals surface area contributed by atoms with Gasteiger partial charge in [-0.3, -0.25) is 10.1 Å². The fraction of sp³-hybridized carbons (Fsp3) is 0.154. The summed E-state index contributed by atoms with van der Waals surface area (Å²) in [6.07, 6.45) is 0. The molecule has 0 fully saturated rings. The van der Waals surface area contributed by atoms with Crippen LogP contribution in [-0.4, -0.2) is 16.1 Å². The predicted octanol–water partition coefficient (Wildman–Crippen LogP) is 3.15. The lowest BCUT2D eigenvalue weighted by Gasteiger charge is -1.95. The molecule has 0 spiro atoms. The van der Waals surface area contributed by atoms with Gasteiger partial charge in [0.25, 0.3) is 5.91 Å². The van der Waals surface area contributed by atoms with Crippen LogP contribution < -0.4 is 5.32 Å². The smallest absolute Gasteiger partial charge is 0.293 e. The Kier molecular flexibility index (Phi) is 2.79. The Labute approximate surface area is 113 Å². The van der Waals surface area contributed by atoms with Crippen molar-refractivity contribution in [2.75, 3.05) is 5.32 Å². The molecule has 0 aliphatic heterocycles. The minimum Gasteiger partial charge on any atom is -0.451 e. The van der Waals surface area contributed by atoms with E-state index in [1.165, 1.54) is 11.3 Å². The number of amides is 1. The Morgan fingerprint density at radius 2 is 2.11 bits per heavy atom. The Hall–Kier alpha value is -2.21. The molecule has 1 amide bonds. The van der Waals surface area contributed by atoms with Crippen LogP contribution in [0.4, 0.5) is 5.13 Å². The number of aromatic nitrogens is 2. The van der Waals surface area contributed by atoms with E-state index in [9.17, 15) is 4.79 Å². The number of furan rings is 1. The molecule has 19 heavy (non-hydrogen) atoms. The molecule has 0 radical (unpaired) electrons. The molecule has 0 aliphatic rings. The second kappa shape index (κ2) is 4.47. The molecule has 0 atom stereocenters. The minimum atomic E-state index is -0.315. The van der Waals surface area contributed by atoms with E-state index in [2.05, 4.69) is 15.5 Å². The molecule has 96 valence electrons. The van der Waals surface area contributed by atoms with E-state index in [4.69, 9.17) is 4.42 Å². The highest BCUT2D eigenvalue weighted by Gasteiger charge is 2.14. The zero-order valence-corrected chi connectivity index (χ0v) is 11.2. The average Bonchev–Trinajstić information content (AvgIpc) is 2.95. The van der Waals surface area contributed by atoms with Crippen molar-refractivity contribution in [1.29, 1.82) is 0 Å². The van der Waals surface area contributed by atoms with Gasteiger partial charge in [-0.1, -0.05) is 23.0 Å². The van der Waals surface area contributed by atoms with Gasteiger partial charge in [0, 0.05) is 5.39 Å². The lowest BCUT2D eigenvalue weighted by molar-refractivity contribution is 0.0998. The fourth-order valence-electron chi connectivity index (χ4n) is 1.78. The maximum atomic E-state index is 12.0. The molecule has 3 rings (SSSR count). The fourth-order valence-corrected chi connectivity index (χ4v) is 2.37. The molecule has 1 aromatic carbocycles. The van der Waals surface area contributed by atoms with Gasteiger partial charge in [0.15, 0.2) is 5.76 Å². The van der Waals surface area contributed by atoms with Crippen LogP contribution in [0.2, 0.25) is 0 Å². The molecule has 0 unspecified atom stereocenters. The number of hydrogen-bond donors (Lipinski definition) is 1. The Balaban J connectivity index is 1.89. The Morgan fingerprint density at radius 3 is 2.84 bits per heavy atom. The molecule has 2 aromatic heterocycles. The van der Waals surface area contributed by atoms with Crippen molar-refractivity contribution in [1.82, 2.24) is 10.2 Å².